The molecule has 7 heteroatoms. The van der Waals surface area contributed by atoms with Crippen LogP contribution in [-0.4, -0.2) is 18.4 Å². The van der Waals surface area contributed by atoms with Gasteiger partial charge >= 0.3 is 0 Å². The maximum atomic E-state index is 13.3. The van der Waals surface area contributed by atoms with Crippen molar-refractivity contribution in [3.8, 4) is 0 Å². The average Bonchev–Trinajstić information content (AvgIpc) is 3.14. The SMILES string of the molecule is C[C@H]1C[C@H]1C(=O)NCC(=O)Nc1ccc(F)c(F)c1F. The molecule has 0 bridgehead atoms. The van der Waals surface area contributed by atoms with E-state index in [0.29, 0.717) is 12.0 Å². The zero-order valence-electron chi connectivity index (χ0n) is 10.7. The molecule has 0 aromatic heterocycles. The van der Waals surface area contributed by atoms with Crippen molar-refractivity contribution in [2.45, 2.75) is 13.3 Å². The highest BCUT2D eigenvalue weighted by molar-refractivity contribution is 5.95. The van der Waals surface area contributed by atoms with E-state index in [1.54, 1.807) is 0 Å². The van der Waals surface area contributed by atoms with Crippen molar-refractivity contribution in [3.63, 3.8) is 0 Å². The Hall–Kier alpha value is -2.05. The molecule has 4 nitrogen and oxygen atoms in total. The van der Waals surface area contributed by atoms with Gasteiger partial charge in [0.1, 0.15) is 0 Å². The lowest BCUT2D eigenvalue weighted by Gasteiger charge is -2.08. The lowest BCUT2D eigenvalue weighted by molar-refractivity contribution is -0.125. The van der Waals surface area contributed by atoms with E-state index in [9.17, 15) is 22.8 Å². The van der Waals surface area contributed by atoms with Crippen LogP contribution in [0.4, 0.5) is 18.9 Å². The van der Waals surface area contributed by atoms with Gasteiger partial charge in [0.25, 0.3) is 0 Å². The summed E-state index contributed by atoms with van der Waals surface area (Å²) in [5.74, 6) is -5.19. The Balaban J connectivity index is 1.88. The first-order chi connectivity index (χ1) is 9.40. The molecule has 1 fully saturated rings. The summed E-state index contributed by atoms with van der Waals surface area (Å²) in [6.45, 7) is 1.57. The van der Waals surface area contributed by atoms with E-state index in [2.05, 4.69) is 10.6 Å². The van der Waals surface area contributed by atoms with Crippen LogP contribution in [0.25, 0.3) is 0 Å². The van der Waals surface area contributed by atoms with E-state index in [-0.39, 0.29) is 18.4 Å². The fraction of sp³-hybridized carbons (Fsp3) is 0.385. The molecule has 1 aromatic carbocycles. The van der Waals surface area contributed by atoms with Crippen LogP contribution in [0.15, 0.2) is 12.1 Å². The predicted molar refractivity (Wildman–Crippen MR) is 65.2 cm³/mol. The molecule has 0 unspecified atom stereocenters. The van der Waals surface area contributed by atoms with Crippen LogP contribution in [0.3, 0.4) is 0 Å². The minimum absolute atomic E-state index is 0.0807. The molecule has 2 N–H and O–H groups in total. The highest BCUT2D eigenvalue weighted by Crippen LogP contribution is 2.37. The minimum atomic E-state index is -1.65. The molecule has 0 heterocycles. The van der Waals surface area contributed by atoms with Gasteiger partial charge < -0.3 is 10.6 Å². The molecule has 0 spiro atoms. The number of benzene rings is 1. The molecule has 2 atom stereocenters. The topological polar surface area (TPSA) is 58.2 Å². The van der Waals surface area contributed by atoms with Gasteiger partial charge in [-0.1, -0.05) is 6.92 Å². The molecule has 0 radical (unpaired) electrons. The largest absolute Gasteiger partial charge is 0.347 e. The number of nitrogens with one attached hydrogen (secondary N) is 2. The average molecular weight is 286 g/mol. The van der Waals surface area contributed by atoms with Gasteiger partial charge in [0, 0.05) is 5.92 Å². The summed E-state index contributed by atoms with van der Waals surface area (Å²) >= 11 is 0. The van der Waals surface area contributed by atoms with Gasteiger partial charge in [0.15, 0.2) is 17.5 Å². The quantitative estimate of drug-likeness (QED) is 0.829. The van der Waals surface area contributed by atoms with Crippen molar-refractivity contribution < 1.29 is 22.8 Å². The maximum absolute atomic E-state index is 13.3. The maximum Gasteiger partial charge on any atom is 0.243 e. The van der Waals surface area contributed by atoms with Crippen LogP contribution in [0, 0.1) is 29.3 Å². The first-order valence-corrected chi connectivity index (χ1v) is 6.11. The van der Waals surface area contributed by atoms with E-state index in [4.69, 9.17) is 0 Å². The fourth-order valence-corrected chi connectivity index (χ4v) is 1.80. The van der Waals surface area contributed by atoms with Crippen molar-refractivity contribution in [2.75, 3.05) is 11.9 Å². The summed E-state index contributed by atoms with van der Waals surface area (Å²) in [5, 5.41) is 4.47. The lowest BCUT2D eigenvalue weighted by atomic mass is 10.2. The highest BCUT2D eigenvalue weighted by Gasteiger charge is 2.38. The Morgan fingerprint density at radius 1 is 1.25 bits per heavy atom. The number of rotatable bonds is 4. The predicted octanol–water partition coefficient (Wildman–Crippen LogP) is 1.81. The number of carbonyl (C=O) groups excluding carboxylic acids is 2. The monoisotopic (exact) mass is 286 g/mol. The molecule has 0 saturated heterocycles. The van der Waals surface area contributed by atoms with E-state index >= 15 is 0 Å². The van der Waals surface area contributed by atoms with Gasteiger partial charge in [-0.2, -0.15) is 0 Å². The van der Waals surface area contributed by atoms with E-state index in [1.165, 1.54) is 0 Å². The van der Waals surface area contributed by atoms with E-state index < -0.39 is 29.0 Å². The number of hydrogen-bond acceptors (Lipinski definition) is 2. The second-order valence-electron chi connectivity index (χ2n) is 4.81. The summed E-state index contributed by atoms with van der Waals surface area (Å²) in [4.78, 5) is 22.9. The summed E-state index contributed by atoms with van der Waals surface area (Å²) < 4.78 is 38.9. The second kappa shape index (κ2) is 5.52. The van der Waals surface area contributed by atoms with Gasteiger partial charge in [-0.05, 0) is 24.5 Å². The minimum Gasteiger partial charge on any atom is -0.347 e. The van der Waals surface area contributed by atoms with Crippen molar-refractivity contribution in [1.82, 2.24) is 5.32 Å². The summed E-state index contributed by atoms with van der Waals surface area (Å²) in [7, 11) is 0. The summed E-state index contributed by atoms with van der Waals surface area (Å²) in [6, 6.07) is 1.62. The van der Waals surface area contributed by atoms with Gasteiger partial charge in [-0.25, -0.2) is 13.2 Å². The summed E-state index contributed by atoms with van der Waals surface area (Å²) in [5.41, 5.74) is -0.470. The standard InChI is InChI=1S/C13H13F3N2O2/c1-6-4-7(6)13(20)17-5-10(19)18-9-3-2-8(14)11(15)12(9)16/h2-3,6-7H,4-5H2,1H3,(H,17,20)(H,18,19)/t6-,7+/m0/s1. The van der Waals surface area contributed by atoms with E-state index in [0.717, 1.165) is 12.5 Å². The molecule has 1 saturated carbocycles. The van der Waals surface area contributed by atoms with Gasteiger partial charge in [0.2, 0.25) is 11.8 Å². The normalized spacial score (nSPS) is 20.4. The van der Waals surface area contributed by atoms with Crippen LogP contribution in [0.2, 0.25) is 0 Å². The van der Waals surface area contributed by atoms with Crippen molar-refractivity contribution in [3.05, 3.63) is 29.6 Å². The van der Waals surface area contributed by atoms with Gasteiger partial charge in [-0.3, -0.25) is 9.59 Å². The Bertz CT molecular complexity index is 563. The third-order valence-corrected chi connectivity index (χ3v) is 3.18. The number of halogens is 3. The molecule has 108 valence electrons. The third kappa shape index (κ3) is 3.09. The van der Waals surface area contributed by atoms with Crippen molar-refractivity contribution in [1.29, 1.82) is 0 Å². The molecule has 20 heavy (non-hydrogen) atoms. The third-order valence-electron chi connectivity index (χ3n) is 3.18. The van der Waals surface area contributed by atoms with E-state index in [1.807, 2.05) is 6.92 Å². The van der Waals surface area contributed by atoms with Crippen LogP contribution in [0.1, 0.15) is 13.3 Å². The first-order valence-electron chi connectivity index (χ1n) is 6.11. The Kier molecular flexibility index (Phi) is 3.96. The molecule has 1 aromatic rings. The number of amides is 2. The molecular formula is C13H13F3N2O2. The zero-order chi connectivity index (χ0) is 14.9. The summed E-state index contributed by atoms with van der Waals surface area (Å²) in [6.07, 6.45) is 0.783. The molecule has 1 aliphatic rings. The van der Waals surface area contributed by atoms with Gasteiger partial charge in [-0.15, -0.1) is 0 Å². The lowest BCUT2D eigenvalue weighted by Crippen LogP contribution is -2.34. The Morgan fingerprint density at radius 2 is 1.90 bits per heavy atom. The van der Waals surface area contributed by atoms with Crippen LogP contribution in [0.5, 0.6) is 0 Å². The first kappa shape index (κ1) is 14.4. The van der Waals surface area contributed by atoms with Gasteiger partial charge in [0.05, 0.1) is 12.2 Å². The number of hydrogen-bond donors (Lipinski definition) is 2. The highest BCUT2D eigenvalue weighted by atomic mass is 19.2. The molecular weight excluding hydrogens is 273 g/mol. The van der Waals surface area contributed by atoms with Crippen molar-refractivity contribution >= 4 is 17.5 Å². The fourth-order valence-electron chi connectivity index (χ4n) is 1.80. The number of carbonyl (C=O) groups is 2. The van der Waals surface area contributed by atoms with Crippen LogP contribution >= 0.6 is 0 Å². The Labute approximate surface area is 113 Å². The smallest absolute Gasteiger partial charge is 0.243 e. The Morgan fingerprint density at radius 3 is 2.50 bits per heavy atom. The van der Waals surface area contributed by atoms with Crippen LogP contribution < -0.4 is 10.6 Å². The van der Waals surface area contributed by atoms with Crippen LogP contribution in [-0.2, 0) is 9.59 Å². The molecule has 2 amide bonds. The number of anilines is 1. The molecule has 0 aliphatic heterocycles. The molecule has 1 aliphatic carbocycles. The van der Waals surface area contributed by atoms with Crippen molar-refractivity contribution in [2.24, 2.45) is 11.8 Å². The zero-order valence-corrected chi connectivity index (χ0v) is 10.7. The second-order valence-corrected chi connectivity index (χ2v) is 4.81. The molecule has 2 rings (SSSR count).